The molecule has 1 saturated heterocycles. The molecule has 1 aliphatic rings. The van der Waals surface area contributed by atoms with Crippen LogP contribution in [0, 0.1) is 5.92 Å². The first-order valence-electron chi connectivity index (χ1n) is 9.29. The van der Waals surface area contributed by atoms with Crippen LogP contribution in [0.1, 0.15) is 43.9 Å². The van der Waals surface area contributed by atoms with E-state index in [2.05, 4.69) is 4.98 Å². The highest BCUT2D eigenvalue weighted by atomic mass is 32.2. The standard InChI is InChI=1S/C18H20F3N3O6S/c1-9(2)15(25)24(31(3,28)29)23-16(26)11-7-10(14-5-4-6-30-14)12(18(19,20)21)8-13(11)22-17(23)27/h7-9,14H,4-6H2,1-3H3,(H,22,27)/t14-/m1/s1. The molecule has 1 aromatic heterocycles. The Morgan fingerprint density at radius 2 is 1.94 bits per heavy atom. The summed E-state index contributed by atoms with van der Waals surface area (Å²) in [6, 6.07) is 1.55. The highest BCUT2D eigenvalue weighted by Crippen LogP contribution is 2.40. The number of fused-ring (bicyclic) bond motifs is 1. The van der Waals surface area contributed by atoms with E-state index >= 15 is 0 Å². The summed E-state index contributed by atoms with van der Waals surface area (Å²) < 4.78 is 70.8. The van der Waals surface area contributed by atoms with Crippen LogP contribution in [0.25, 0.3) is 10.9 Å². The Morgan fingerprint density at radius 1 is 1.29 bits per heavy atom. The number of hydrogen-bond acceptors (Lipinski definition) is 6. The molecule has 0 bridgehead atoms. The Labute approximate surface area is 174 Å². The molecule has 13 heteroatoms. The molecule has 1 aromatic carbocycles. The lowest BCUT2D eigenvalue weighted by Crippen LogP contribution is -2.56. The van der Waals surface area contributed by atoms with Gasteiger partial charge in [0.2, 0.25) is 0 Å². The first-order valence-corrected chi connectivity index (χ1v) is 11.1. The number of amides is 1. The fourth-order valence-corrected chi connectivity index (χ4v) is 4.38. The topological polar surface area (TPSA) is 119 Å². The van der Waals surface area contributed by atoms with Crippen molar-refractivity contribution in [1.82, 2.24) is 9.66 Å². The van der Waals surface area contributed by atoms with E-state index in [9.17, 15) is 36.0 Å². The summed E-state index contributed by atoms with van der Waals surface area (Å²) in [5.41, 5.74) is -4.42. The third kappa shape index (κ3) is 4.24. The average Bonchev–Trinajstić information content (AvgIpc) is 3.16. The third-order valence-corrected chi connectivity index (χ3v) is 5.78. The van der Waals surface area contributed by atoms with Crippen molar-refractivity contribution in [2.45, 2.75) is 39.0 Å². The zero-order chi connectivity index (χ0) is 23.3. The summed E-state index contributed by atoms with van der Waals surface area (Å²) in [5, 5.41) is -0.386. The van der Waals surface area contributed by atoms with Crippen molar-refractivity contribution in [2.75, 3.05) is 17.3 Å². The van der Waals surface area contributed by atoms with Crippen LogP contribution in [0.4, 0.5) is 13.2 Å². The summed E-state index contributed by atoms with van der Waals surface area (Å²) in [6.45, 7) is 2.98. The molecule has 0 saturated carbocycles. The van der Waals surface area contributed by atoms with E-state index in [4.69, 9.17) is 4.74 Å². The molecular formula is C18H20F3N3O6S. The SMILES string of the molecule is CC(C)C(=O)N(n1c(=O)[nH]c2cc(C(F)(F)F)c([C@H]3CCCO3)cc2c1=O)S(C)(=O)=O. The molecule has 0 aliphatic carbocycles. The van der Waals surface area contributed by atoms with Gasteiger partial charge in [0.15, 0.2) is 0 Å². The predicted octanol–water partition coefficient (Wildman–Crippen LogP) is 1.64. The van der Waals surface area contributed by atoms with Gasteiger partial charge in [-0.1, -0.05) is 13.8 Å². The predicted molar refractivity (Wildman–Crippen MR) is 105 cm³/mol. The van der Waals surface area contributed by atoms with Gasteiger partial charge in [0.25, 0.3) is 21.5 Å². The lowest BCUT2D eigenvalue weighted by Gasteiger charge is -2.23. The molecule has 0 unspecified atom stereocenters. The molecule has 1 N–H and O–H groups in total. The molecule has 1 aliphatic heterocycles. The second kappa shape index (κ2) is 7.79. The minimum atomic E-state index is -4.78. The number of aromatic amines is 1. The maximum atomic E-state index is 13.6. The smallest absolute Gasteiger partial charge is 0.374 e. The number of halogens is 3. The number of H-pyrrole nitrogens is 1. The van der Waals surface area contributed by atoms with Crippen LogP contribution in [0.5, 0.6) is 0 Å². The molecule has 1 atom stereocenters. The molecule has 3 rings (SSSR count). The maximum Gasteiger partial charge on any atom is 0.416 e. The van der Waals surface area contributed by atoms with Crippen molar-refractivity contribution in [3.05, 3.63) is 44.1 Å². The molecular weight excluding hydrogens is 443 g/mol. The first kappa shape index (κ1) is 23.0. The van der Waals surface area contributed by atoms with Crippen molar-refractivity contribution in [2.24, 2.45) is 5.92 Å². The Balaban J connectivity index is 2.38. The number of hydrogen-bond donors (Lipinski definition) is 1. The number of ether oxygens (including phenoxy) is 1. The fraction of sp³-hybridized carbons (Fsp3) is 0.500. The largest absolute Gasteiger partial charge is 0.416 e. The van der Waals surface area contributed by atoms with E-state index in [1.54, 1.807) is 0 Å². The fourth-order valence-electron chi connectivity index (χ4n) is 3.40. The number of rotatable bonds is 4. The normalized spacial score (nSPS) is 17.5. The van der Waals surface area contributed by atoms with Crippen molar-refractivity contribution in [3.8, 4) is 0 Å². The van der Waals surface area contributed by atoms with Gasteiger partial charge < -0.3 is 9.72 Å². The summed E-state index contributed by atoms with van der Waals surface area (Å²) in [4.78, 5) is 40.1. The van der Waals surface area contributed by atoms with E-state index in [1.807, 2.05) is 0 Å². The number of sulfonamides is 1. The highest BCUT2D eigenvalue weighted by molar-refractivity contribution is 7.92. The van der Waals surface area contributed by atoms with Crippen LogP contribution >= 0.6 is 0 Å². The van der Waals surface area contributed by atoms with Gasteiger partial charge >= 0.3 is 11.9 Å². The van der Waals surface area contributed by atoms with Crippen LogP contribution in [0.15, 0.2) is 21.7 Å². The van der Waals surface area contributed by atoms with Gasteiger partial charge in [-0.25, -0.2) is 13.2 Å². The molecule has 31 heavy (non-hydrogen) atoms. The first-order chi connectivity index (χ1) is 14.2. The Morgan fingerprint density at radius 3 is 2.42 bits per heavy atom. The molecule has 9 nitrogen and oxygen atoms in total. The molecule has 0 radical (unpaired) electrons. The Bertz CT molecular complexity index is 1260. The number of nitrogens with one attached hydrogen (secondary N) is 1. The van der Waals surface area contributed by atoms with Gasteiger partial charge in [0.05, 0.1) is 28.8 Å². The summed E-state index contributed by atoms with van der Waals surface area (Å²) in [6.07, 6.45) is -4.24. The monoisotopic (exact) mass is 463 g/mol. The zero-order valence-corrected chi connectivity index (χ0v) is 17.6. The minimum Gasteiger partial charge on any atom is -0.374 e. The minimum absolute atomic E-state index is 0.0294. The van der Waals surface area contributed by atoms with Crippen molar-refractivity contribution in [1.29, 1.82) is 0 Å². The van der Waals surface area contributed by atoms with Crippen LogP contribution in [-0.2, 0) is 25.7 Å². The quantitative estimate of drug-likeness (QED) is 0.737. The highest BCUT2D eigenvalue weighted by Gasteiger charge is 2.38. The average molecular weight is 463 g/mol. The second-order valence-corrected chi connectivity index (χ2v) is 9.34. The molecule has 1 amide bonds. The number of carbonyl (C=O) groups is 1. The van der Waals surface area contributed by atoms with Crippen LogP contribution in [0.3, 0.4) is 0 Å². The lowest BCUT2D eigenvalue weighted by molar-refractivity contribution is -0.139. The van der Waals surface area contributed by atoms with E-state index < -0.39 is 56.5 Å². The van der Waals surface area contributed by atoms with Gasteiger partial charge in [0, 0.05) is 12.5 Å². The van der Waals surface area contributed by atoms with Gasteiger partial charge in [-0.2, -0.15) is 13.2 Å². The number of benzene rings is 1. The van der Waals surface area contributed by atoms with Gasteiger partial charge in [-0.15, -0.1) is 9.09 Å². The van der Waals surface area contributed by atoms with Crippen LogP contribution in [0.2, 0.25) is 0 Å². The number of carbonyl (C=O) groups excluding carboxylic acids is 1. The van der Waals surface area contributed by atoms with Gasteiger partial charge in [0.1, 0.15) is 0 Å². The number of alkyl halides is 3. The van der Waals surface area contributed by atoms with E-state index in [1.165, 1.54) is 13.8 Å². The molecule has 2 aromatic rings. The van der Waals surface area contributed by atoms with Gasteiger partial charge in [-0.05, 0) is 30.5 Å². The lowest BCUT2D eigenvalue weighted by atomic mass is 9.97. The van der Waals surface area contributed by atoms with Crippen LogP contribution < -0.4 is 15.7 Å². The van der Waals surface area contributed by atoms with Crippen LogP contribution in [-0.4, -0.2) is 36.8 Å². The molecule has 2 heterocycles. The molecule has 0 spiro atoms. The van der Waals surface area contributed by atoms with Crippen molar-refractivity contribution >= 4 is 26.8 Å². The summed E-state index contributed by atoms with van der Waals surface area (Å²) in [5.74, 6) is -1.95. The Hall–Kier alpha value is -2.67. The van der Waals surface area contributed by atoms with E-state index in [0.717, 1.165) is 6.07 Å². The molecule has 170 valence electrons. The number of aromatic nitrogens is 2. The number of nitrogens with zero attached hydrogens (tertiary/aromatic N) is 2. The third-order valence-electron chi connectivity index (χ3n) is 4.81. The maximum absolute atomic E-state index is 13.6. The van der Waals surface area contributed by atoms with Crippen molar-refractivity contribution < 1.29 is 31.1 Å². The summed E-state index contributed by atoms with van der Waals surface area (Å²) >= 11 is 0. The second-order valence-electron chi connectivity index (χ2n) is 7.53. The summed E-state index contributed by atoms with van der Waals surface area (Å²) in [7, 11) is -4.41. The molecule has 1 fully saturated rings. The zero-order valence-electron chi connectivity index (χ0n) is 16.8. The Kier molecular flexibility index (Phi) is 5.78. The van der Waals surface area contributed by atoms with E-state index in [0.29, 0.717) is 25.2 Å². The van der Waals surface area contributed by atoms with E-state index in [-0.39, 0.29) is 26.6 Å². The van der Waals surface area contributed by atoms with Gasteiger partial charge in [-0.3, -0.25) is 9.59 Å². The van der Waals surface area contributed by atoms with Crippen molar-refractivity contribution in [3.63, 3.8) is 0 Å².